The normalized spacial score (nSPS) is 19.1. The van der Waals surface area contributed by atoms with Gasteiger partial charge in [-0.3, -0.25) is 9.48 Å². The van der Waals surface area contributed by atoms with Crippen LogP contribution >= 0.6 is 11.3 Å². The lowest BCUT2D eigenvalue weighted by Crippen LogP contribution is -2.44. The number of nitrogens with one attached hydrogen (secondary N) is 2. The van der Waals surface area contributed by atoms with E-state index in [9.17, 15) is 18.7 Å². The second-order valence-corrected chi connectivity index (χ2v) is 8.91. The van der Waals surface area contributed by atoms with Gasteiger partial charge in [0.15, 0.2) is 11.5 Å². The van der Waals surface area contributed by atoms with Crippen molar-refractivity contribution in [1.82, 2.24) is 20.1 Å². The first-order chi connectivity index (χ1) is 15.2. The summed E-state index contributed by atoms with van der Waals surface area (Å²) in [4.78, 5) is 19.0. The van der Waals surface area contributed by atoms with E-state index in [0.717, 1.165) is 23.5 Å². The van der Waals surface area contributed by atoms with Gasteiger partial charge in [-0.25, -0.2) is 13.8 Å². The van der Waals surface area contributed by atoms with Gasteiger partial charge in [-0.2, -0.15) is 5.10 Å². The van der Waals surface area contributed by atoms with Crippen LogP contribution in [0, 0.1) is 11.6 Å². The van der Waals surface area contributed by atoms with Crippen molar-refractivity contribution in [3.63, 3.8) is 0 Å². The summed E-state index contributed by atoms with van der Waals surface area (Å²) in [7, 11) is 1.73. The fourth-order valence-corrected chi connectivity index (χ4v) is 4.56. The zero-order valence-corrected chi connectivity index (χ0v) is 18.3. The summed E-state index contributed by atoms with van der Waals surface area (Å²) >= 11 is 0.828. The summed E-state index contributed by atoms with van der Waals surface area (Å²) in [6, 6.07) is 3.48. The lowest BCUT2D eigenvalue weighted by molar-refractivity contribution is 0.0727. The van der Waals surface area contributed by atoms with Crippen LogP contribution < -0.4 is 21.3 Å². The molecule has 32 heavy (non-hydrogen) atoms. The number of nitrogen functional groups attached to an aromatic ring is 1. The van der Waals surface area contributed by atoms with Gasteiger partial charge in [0, 0.05) is 33.2 Å². The third-order valence-electron chi connectivity index (χ3n) is 5.10. The SMILES string of the molecule is Cn1ncc(NC(=O)c2nc(-c3c(F)cccc3F)sc2N)c1N1CCNC[C@](C)(O)C1. The summed E-state index contributed by atoms with van der Waals surface area (Å²) < 4.78 is 29.9. The Bertz CT molecular complexity index is 1140. The second-order valence-electron chi connectivity index (χ2n) is 7.88. The Kier molecular flexibility index (Phi) is 5.84. The predicted molar refractivity (Wildman–Crippen MR) is 119 cm³/mol. The first-order valence-corrected chi connectivity index (χ1v) is 10.7. The van der Waals surface area contributed by atoms with Crippen molar-refractivity contribution in [3.05, 3.63) is 41.7 Å². The van der Waals surface area contributed by atoms with Gasteiger partial charge < -0.3 is 26.4 Å². The monoisotopic (exact) mass is 463 g/mol. The van der Waals surface area contributed by atoms with Crippen LogP contribution in [0.3, 0.4) is 0 Å². The molecule has 1 saturated heterocycles. The van der Waals surface area contributed by atoms with Crippen molar-refractivity contribution in [2.24, 2.45) is 7.05 Å². The van der Waals surface area contributed by atoms with Crippen molar-refractivity contribution in [1.29, 1.82) is 0 Å². The minimum Gasteiger partial charge on any atom is -0.389 e. The Hall–Kier alpha value is -3.09. The average molecular weight is 464 g/mol. The standard InChI is InChI=1S/C20H23F2N7O2S/c1-20(31)9-24-6-7-29(10-20)19-13(8-25-28(19)2)26-17(30)15-16(23)32-18(27-15)14-11(21)4-3-5-12(14)22/h3-5,8,24,31H,6-7,9-10,23H2,1-2H3,(H,26,30)/t20-/m0/s1. The number of thiazole rings is 1. The summed E-state index contributed by atoms with van der Waals surface area (Å²) in [5.41, 5.74) is 4.92. The van der Waals surface area contributed by atoms with Crippen LogP contribution in [0.4, 0.5) is 25.3 Å². The molecular weight excluding hydrogens is 440 g/mol. The molecule has 1 aliphatic rings. The highest BCUT2D eigenvalue weighted by Crippen LogP contribution is 2.34. The molecule has 12 heteroatoms. The van der Waals surface area contributed by atoms with E-state index < -0.39 is 23.1 Å². The number of carbonyl (C=O) groups is 1. The third-order valence-corrected chi connectivity index (χ3v) is 6.00. The fourth-order valence-electron chi connectivity index (χ4n) is 3.68. The molecule has 1 atom stereocenters. The number of nitrogens with zero attached hydrogens (tertiary/aromatic N) is 4. The maximum atomic E-state index is 14.1. The molecule has 9 nitrogen and oxygen atoms in total. The third kappa shape index (κ3) is 4.29. The van der Waals surface area contributed by atoms with Crippen molar-refractivity contribution in [2.45, 2.75) is 12.5 Å². The van der Waals surface area contributed by atoms with Gasteiger partial charge in [-0.15, -0.1) is 0 Å². The number of amides is 1. The Morgan fingerprint density at radius 2 is 2.09 bits per heavy atom. The highest BCUT2D eigenvalue weighted by molar-refractivity contribution is 7.19. The van der Waals surface area contributed by atoms with Crippen molar-refractivity contribution >= 4 is 33.8 Å². The average Bonchev–Trinajstić information content (AvgIpc) is 3.20. The van der Waals surface area contributed by atoms with Crippen LogP contribution in [-0.2, 0) is 7.05 Å². The molecule has 0 saturated carbocycles. The first kappa shape index (κ1) is 22.1. The van der Waals surface area contributed by atoms with Crippen LogP contribution in [0.2, 0.25) is 0 Å². The Balaban J connectivity index is 1.62. The van der Waals surface area contributed by atoms with Crippen molar-refractivity contribution in [2.75, 3.05) is 42.1 Å². The predicted octanol–water partition coefficient (Wildman–Crippen LogP) is 1.82. The number of halogens is 2. The summed E-state index contributed by atoms with van der Waals surface area (Å²) in [5.74, 6) is -1.60. The van der Waals surface area contributed by atoms with Gasteiger partial charge in [0.1, 0.15) is 27.3 Å². The molecule has 5 N–H and O–H groups in total. The van der Waals surface area contributed by atoms with E-state index in [-0.39, 0.29) is 21.3 Å². The van der Waals surface area contributed by atoms with E-state index in [2.05, 4.69) is 20.7 Å². The van der Waals surface area contributed by atoms with E-state index >= 15 is 0 Å². The molecule has 0 spiro atoms. The number of aliphatic hydroxyl groups is 1. The second kappa shape index (κ2) is 8.45. The number of carbonyl (C=O) groups excluding carboxylic acids is 1. The highest BCUT2D eigenvalue weighted by atomic mass is 32.1. The number of β-amino-alcohol motifs (C(OH)–C–C–N with tert-alkyl or cyclic N) is 1. The minimum atomic E-state index is -0.972. The molecule has 170 valence electrons. The van der Waals surface area contributed by atoms with Gasteiger partial charge in [0.05, 0.1) is 17.4 Å². The van der Waals surface area contributed by atoms with E-state index in [4.69, 9.17) is 5.73 Å². The Morgan fingerprint density at radius 3 is 2.81 bits per heavy atom. The maximum Gasteiger partial charge on any atom is 0.277 e. The van der Waals surface area contributed by atoms with E-state index in [1.807, 2.05) is 4.90 Å². The van der Waals surface area contributed by atoms with Gasteiger partial charge in [-0.1, -0.05) is 17.4 Å². The van der Waals surface area contributed by atoms with Gasteiger partial charge in [0.25, 0.3) is 5.91 Å². The number of aryl methyl sites for hydroxylation is 1. The quantitative estimate of drug-likeness (QED) is 0.466. The van der Waals surface area contributed by atoms with Crippen LogP contribution in [0.1, 0.15) is 17.4 Å². The first-order valence-electron chi connectivity index (χ1n) is 9.88. The van der Waals surface area contributed by atoms with Crippen LogP contribution in [0.15, 0.2) is 24.4 Å². The van der Waals surface area contributed by atoms with Crippen LogP contribution in [0.5, 0.6) is 0 Å². The maximum absolute atomic E-state index is 14.1. The fraction of sp³-hybridized carbons (Fsp3) is 0.350. The summed E-state index contributed by atoms with van der Waals surface area (Å²) in [6.07, 6.45) is 1.49. The molecular formula is C20H23F2N7O2S. The molecule has 0 bridgehead atoms. The van der Waals surface area contributed by atoms with E-state index in [0.29, 0.717) is 37.7 Å². The number of benzene rings is 1. The zero-order valence-electron chi connectivity index (χ0n) is 17.5. The van der Waals surface area contributed by atoms with Crippen LogP contribution in [-0.4, -0.2) is 57.6 Å². The number of nitrogens with two attached hydrogens (primary N) is 1. The molecule has 0 aliphatic carbocycles. The van der Waals surface area contributed by atoms with Crippen molar-refractivity contribution in [3.8, 4) is 10.6 Å². The topological polar surface area (TPSA) is 121 Å². The smallest absolute Gasteiger partial charge is 0.277 e. The Labute approximate surface area is 186 Å². The number of rotatable bonds is 4. The molecule has 1 aliphatic heterocycles. The molecule has 1 fully saturated rings. The summed E-state index contributed by atoms with van der Waals surface area (Å²) in [6.45, 7) is 3.73. The van der Waals surface area contributed by atoms with E-state index in [1.165, 1.54) is 12.3 Å². The molecule has 1 aromatic carbocycles. The lowest BCUT2D eigenvalue weighted by Gasteiger charge is -2.30. The number of anilines is 3. The molecule has 2 aromatic heterocycles. The largest absolute Gasteiger partial charge is 0.389 e. The summed E-state index contributed by atoms with van der Waals surface area (Å²) in [5, 5.41) is 20.7. The van der Waals surface area contributed by atoms with Crippen molar-refractivity contribution < 1.29 is 18.7 Å². The number of hydrogen-bond donors (Lipinski definition) is 4. The number of aromatic nitrogens is 3. The lowest BCUT2D eigenvalue weighted by atomic mass is 10.1. The molecule has 0 unspecified atom stereocenters. The molecule has 3 heterocycles. The molecule has 4 rings (SSSR count). The minimum absolute atomic E-state index is 0.0238. The van der Waals surface area contributed by atoms with Crippen LogP contribution in [0.25, 0.3) is 10.6 Å². The van der Waals surface area contributed by atoms with Gasteiger partial charge >= 0.3 is 0 Å². The number of hydrogen-bond acceptors (Lipinski definition) is 8. The molecule has 1 amide bonds. The van der Waals surface area contributed by atoms with E-state index in [1.54, 1.807) is 18.7 Å². The Morgan fingerprint density at radius 1 is 1.38 bits per heavy atom. The molecule has 3 aromatic rings. The van der Waals surface area contributed by atoms with Gasteiger partial charge in [0.2, 0.25) is 0 Å². The molecule has 0 radical (unpaired) electrons. The highest BCUT2D eigenvalue weighted by Gasteiger charge is 2.30. The zero-order chi connectivity index (χ0) is 23.0. The van der Waals surface area contributed by atoms with Gasteiger partial charge in [-0.05, 0) is 19.1 Å².